The number of rotatable bonds is 3. The molecule has 1 aliphatic rings. The van der Waals surface area contributed by atoms with E-state index in [1.165, 1.54) is 0 Å². The molecule has 0 amide bonds. The van der Waals surface area contributed by atoms with Gasteiger partial charge in [-0.2, -0.15) is 0 Å². The Bertz CT molecular complexity index is 777. The Kier molecular flexibility index (Phi) is 1.46. The fourth-order valence-corrected chi connectivity index (χ4v) is 1.49. The molecule has 1 aliphatic heterocycles. The average molecular weight is 257 g/mol. The number of aryl methyl sites for hydroxylation is 1. The lowest BCUT2D eigenvalue weighted by Gasteiger charge is -2.32. The van der Waals surface area contributed by atoms with Gasteiger partial charge in [0.05, 0.1) is 15.3 Å². The van der Waals surface area contributed by atoms with E-state index >= 15 is 0 Å². The van der Waals surface area contributed by atoms with Gasteiger partial charge in [0.15, 0.2) is 0 Å². The second-order valence-electron chi connectivity index (χ2n) is 5.07. The molecule has 0 unspecified atom stereocenters. The monoisotopic (exact) mass is 257 g/mol. The summed E-state index contributed by atoms with van der Waals surface area (Å²) >= 11 is 0. The van der Waals surface area contributed by atoms with E-state index in [9.17, 15) is 0 Å². The molecule has 0 saturated carbocycles. The normalized spacial score (nSPS) is 31.7. The maximum absolute atomic E-state index is 8.20. The molecule has 1 aromatic rings. The lowest BCUT2D eigenvalue weighted by molar-refractivity contribution is 0.00578. The minimum Gasteiger partial charge on any atom is -0.399 e. The minimum absolute atomic E-state index is 0.197. The molecule has 1 saturated heterocycles. The van der Waals surface area contributed by atoms with E-state index in [-0.39, 0.29) is 5.46 Å². The molecule has 98 valence electrons. The quantitative estimate of drug-likeness (QED) is 0.779. The number of aromatic nitrogens is 1. The average Bonchev–Trinajstić information content (AvgIpc) is 2.69. The van der Waals surface area contributed by atoms with Crippen LogP contribution in [0.3, 0.4) is 0 Å². The molecular formula is C14H22BNO2. The zero-order valence-corrected chi connectivity index (χ0v) is 10.8. The smallest absolute Gasteiger partial charge is 0.399 e. The predicted molar refractivity (Wildman–Crippen MR) is 73.9 cm³/mol. The third-order valence-electron chi connectivity index (χ3n) is 3.27. The zero-order valence-electron chi connectivity index (χ0n) is 20.8. The van der Waals surface area contributed by atoms with Crippen LogP contribution in [-0.2, 0) is 15.7 Å². The van der Waals surface area contributed by atoms with Gasteiger partial charge in [-0.25, -0.2) is 0 Å². The van der Waals surface area contributed by atoms with Crippen LogP contribution < -0.4 is 5.46 Å². The first-order valence-electron chi connectivity index (χ1n) is 10.6. The van der Waals surface area contributed by atoms with Gasteiger partial charge in [0, 0.05) is 26.9 Å². The molecule has 2 rings (SSSR count). The van der Waals surface area contributed by atoms with E-state index in [0.29, 0.717) is 0 Å². The van der Waals surface area contributed by atoms with Crippen molar-refractivity contribution in [3.05, 3.63) is 24.0 Å². The topological polar surface area (TPSA) is 31.4 Å². The first-order valence-corrected chi connectivity index (χ1v) is 5.62. The van der Waals surface area contributed by atoms with Crippen LogP contribution in [0.1, 0.15) is 60.3 Å². The molecule has 0 N–H and O–H groups in total. The fourth-order valence-electron chi connectivity index (χ4n) is 1.49. The fraction of sp³-hybridized carbons (Fsp3) is 0.643. The van der Waals surface area contributed by atoms with Gasteiger partial charge in [0.2, 0.25) is 0 Å². The first-order chi connectivity index (χ1) is 12.3. The minimum atomic E-state index is -3.40. The van der Waals surface area contributed by atoms with Crippen molar-refractivity contribution in [2.45, 2.75) is 58.5 Å². The molecule has 4 heteroatoms. The highest BCUT2D eigenvalue weighted by Crippen LogP contribution is 2.36. The van der Waals surface area contributed by atoms with Gasteiger partial charge in [-0.3, -0.25) is 4.98 Å². The number of pyridine rings is 1. The van der Waals surface area contributed by atoms with E-state index in [4.69, 9.17) is 23.0 Å². The van der Waals surface area contributed by atoms with Crippen molar-refractivity contribution in [2.75, 3.05) is 0 Å². The Balaban J connectivity index is 2.61. The Morgan fingerprint density at radius 3 is 2.61 bits per heavy atom. The van der Waals surface area contributed by atoms with Crippen molar-refractivity contribution in [3.63, 3.8) is 0 Å². The second kappa shape index (κ2) is 4.67. The molecule has 1 fully saturated rings. The summed E-state index contributed by atoms with van der Waals surface area (Å²) in [5.41, 5.74) is -2.70. The van der Waals surface area contributed by atoms with Crippen molar-refractivity contribution < 1.29 is 23.0 Å². The van der Waals surface area contributed by atoms with Crippen molar-refractivity contribution in [1.82, 2.24) is 4.98 Å². The van der Waals surface area contributed by atoms with Crippen molar-refractivity contribution >= 4 is 12.6 Å². The lowest BCUT2D eigenvalue weighted by Crippen LogP contribution is -2.41. The molecule has 0 radical (unpaired) electrons. The lowest BCUT2D eigenvalue weighted by atomic mass is 9.80. The van der Waals surface area contributed by atoms with Crippen molar-refractivity contribution in [1.29, 1.82) is 0 Å². The summed E-state index contributed by atoms with van der Waals surface area (Å²) in [5.74, 6) is 0. The summed E-state index contributed by atoms with van der Waals surface area (Å²) in [6, 6.07) is -1.45. The standard InChI is InChI=1S/C14H22BNO2/c1-6-7-12-9-8-11(10-16-12)15-17-13(2,3)14(4,5)18-15/h8-10H,6-7H2,1-5H3/i1D3,6D2,7D2,8D,9D,10D. The van der Waals surface area contributed by atoms with E-state index in [2.05, 4.69) is 4.98 Å². The maximum Gasteiger partial charge on any atom is 0.496 e. The number of hydrogen-bond donors (Lipinski definition) is 0. The van der Waals surface area contributed by atoms with Crippen LogP contribution in [0, 0.1) is 0 Å². The SMILES string of the molecule is [2H]c1nc(C([2H])([2H])C([2H])([2H])C([2H])([2H])[2H])c([2H])c([2H])c1B1OC(C)(C)C(C)(C)O1. The first kappa shape index (κ1) is 5.64. The Morgan fingerprint density at radius 1 is 1.33 bits per heavy atom. The molecule has 0 aliphatic carbocycles. The summed E-state index contributed by atoms with van der Waals surface area (Å²) in [5, 5.41) is 0. The molecule has 1 aromatic heterocycles. The summed E-state index contributed by atoms with van der Waals surface area (Å²) in [6.07, 6.45) is -7.28. The van der Waals surface area contributed by atoms with Crippen LogP contribution >= 0.6 is 0 Å². The second-order valence-corrected chi connectivity index (χ2v) is 5.07. The highest BCUT2D eigenvalue weighted by atomic mass is 16.7. The van der Waals surface area contributed by atoms with Gasteiger partial charge in [-0.05, 0) is 40.1 Å². The third-order valence-corrected chi connectivity index (χ3v) is 3.27. The molecule has 0 aromatic carbocycles. The molecule has 0 atom stereocenters. The van der Waals surface area contributed by atoms with Gasteiger partial charge in [0.1, 0.15) is 0 Å². The summed E-state index contributed by atoms with van der Waals surface area (Å²) in [7, 11) is -1.19. The third kappa shape index (κ3) is 2.45. The molecular weight excluding hydrogens is 225 g/mol. The molecule has 18 heavy (non-hydrogen) atoms. The number of hydrogen-bond acceptors (Lipinski definition) is 3. The highest BCUT2D eigenvalue weighted by molar-refractivity contribution is 6.62. The van der Waals surface area contributed by atoms with Crippen LogP contribution in [0.25, 0.3) is 0 Å². The van der Waals surface area contributed by atoms with E-state index < -0.39 is 61.9 Å². The molecule has 3 nitrogen and oxygen atoms in total. The van der Waals surface area contributed by atoms with Crippen LogP contribution in [0.15, 0.2) is 18.3 Å². The van der Waals surface area contributed by atoms with Crippen LogP contribution in [0.5, 0.6) is 0 Å². The van der Waals surface area contributed by atoms with E-state index in [1.54, 1.807) is 27.7 Å². The molecule has 0 spiro atoms. The zero-order chi connectivity index (χ0) is 22.1. The maximum atomic E-state index is 8.20. The van der Waals surface area contributed by atoms with E-state index in [1.807, 2.05) is 0 Å². The van der Waals surface area contributed by atoms with Crippen LogP contribution in [0.2, 0.25) is 0 Å². The van der Waals surface area contributed by atoms with Crippen LogP contribution in [-0.4, -0.2) is 23.3 Å². The van der Waals surface area contributed by atoms with Gasteiger partial charge in [-0.15, -0.1) is 0 Å². The summed E-state index contributed by atoms with van der Waals surface area (Å²) < 4.78 is 89.2. The van der Waals surface area contributed by atoms with Gasteiger partial charge < -0.3 is 9.31 Å². The molecule has 0 bridgehead atoms. The summed E-state index contributed by atoms with van der Waals surface area (Å²) in [6.45, 7) is 3.68. The van der Waals surface area contributed by atoms with E-state index in [0.717, 1.165) is 0 Å². The highest BCUT2D eigenvalue weighted by Gasteiger charge is 2.51. The summed E-state index contributed by atoms with van der Waals surface area (Å²) in [4.78, 5) is 3.66. The van der Waals surface area contributed by atoms with Gasteiger partial charge in [0.25, 0.3) is 0 Å². The molecule has 2 heterocycles. The van der Waals surface area contributed by atoms with Gasteiger partial charge in [-0.1, -0.05) is 19.3 Å². The van der Waals surface area contributed by atoms with Crippen molar-refractivity contribution in [2.24, 2.45) is 0 Å². The largest absolute Gasteiger partial charge is 0.496 e. The Labute approximate surface area is 124 Å². The Morgan fingerprint density at radius 2 is 2.00 bits per heavy atom. The van der Waals surface area contributed by atoms with Gasteiger partial charge >= 0.3 is 7.12 Å². The predicted octanol–water partition coefficient (Wildman–Crippen LogP) is 2.33. The Hall–Kier alpha value is -0.865. The number of nitrogens with zero attached hydrogens (tertiary/aromatic N) is 1. The van der Waals surface area contributed by atoms with Crippen molar-refractivity contribution in [3.8, 4) is 0 Å². The van der Waals surface area contributed by atoms with Crippen LogP contribution in [0.4, 0.5) is 0 Å².